The van der Waals surface area contributed by atoms with E-state index in [-0.39, 0.29) is 22.4 Å². The first-order chi connectivity index (χ1) is 12.7. The molecule has 2 heterocycles. The largest absolute Gasteiger partial charge is 0.586 e. The van der Waals surface area contributed by atoms with Crippen LogP contribution < -0.4 is 14.8 Å². The fraction of sp³-hybridized carbons (Fsp3) is 0.158. The van der Waals surface area contributed by atoms with Crippen LogP contribution in [0.1, 0.15) is 13.8 Å². The number of aromatic nitrogens is 1. The molecule has 0 saturated carbocycles. The molecular formula is C19H15ClF2N2O3. The van der Waals surface area contributed by atoms with Gasteiger partial charge in [0.05, 0.1) is 5.02 Å². The van der Waals surface area contributed by atoms with Crippen LogP contribution >= 0.6 is 11.6 Å². The Morgan fingerprint density at radius 1 is 1.26 bits per heavy atom. The van der Waals surface area contributed by atoms with E-state index in [0.717, 1.165) is 5.57 Å². The number of amides is 1. The first kappa shape index (κ1) is 18.8. The molecular weight excluding hydrogens is 378 g/mol. The summed E-state index contributed by atoms with van der Waals surface area (Å²) in [5.41, 5.74) is 2.29. The van der Waals surface area contributed by atoms with Gasteiger partial charge in [-0.1, -0.05) is 24.3 Å². The number of carbonyl (C=O) groups excluding carboxylic acids is 1. The van der Waals surface area contributed by atoms with Crippen molar-refractivity contribution in [3.63, 3.8) is 0 Å². The predicted molar refractivity (Wildman–Crippen MR) is 98.1 cm³/mol. The Hall–Kier alpha value is -2.93. The molecule has 0 atom stereocenters. The maximum absolute atomic E-state index is 13.2. The van der Waals surface area contributed by atoms with Crippen LogP contribution in [0.25, 0.3) is 11.1 Å². The number of benzene rings is 1. The number of halogens is 3. The number of carbonyl (C=O) groups is 1. The molecule has 2 aromatic rings. The van der Waals surface area contributed by atoms with E-state index in [9.17, 15) is 13.6 Å². The predicted octanol–water partition coefficient (Wildman–Crippen LogP) is 5.18. The molecule has 27 heavy (non-hydrogen) atoms. The number of nitrogens with zero attached hydrogens (tertiary/aromatic N) is 1. The van der Waals surface area contributed by atoms with Gasteiger partial charge in [-0.15, -0.1) is 8.78 Å². The number of nitrogens with one attached hydrogen (secondary N) is 1. The zero-order valence-corrected chi connectivity index (χ0v) is 15.2. The molecule has 1 aliphatic heterocycles. The van der Waals surface area contributed by atoms with Gasteiger partial charge in [0.1, 0.15) is 5.82 Å². The number of rotatable bonds is 4. The van der Waals surface area contributed by atoms with Crippen LogP contribution in [0.3, 0.4) is 0 Å². The molecule has 0 fully saturated rings. The number of pyridine rings is 1. The van der Waals surface area contributed by atoms with Gasteiger partial charge in [-0.2, -0.15) is 0 Å². The minimum Gasteiger partial charge on any atom is -0.395 e. The minimum absolute atomic E-state index is 0.113. The van der Waals surface area contributed by atoms with E-state index in [1.54, 1.807) is 32.1 Å². The third kappa shape index (κ3) is 3.93. The molecule has 3 rings (SSSR count). The van der Waals surface area contributed by atoms with Crippen molar-refractivity contribution in [2.75, 3.05) is 5.32 Å². The van der Waals surface area contributed by atoms with Gasteiger partial charge in [-0.25, -0.2) is 4.98 Å². The molecule has 8 heteroatoms. The third-order valence-electron chi connectivity index (χ3n) is 4.05. The highest BCUT2D eigenvalue weighted by atomic mass is 35.5. The van der Waals surface area contributed by atoms with Crippen LogP contribution in [0.15, 0.2) is 54.3 Å². The number of ether oxygens (including phenoxy) is 2. The normalized spacial score (nSPS) is 15.1. The van der Waals surface area contributed by atoms with Crippen molar-refractivity contribution >= 4 is 23.3 Å². The Morgan fingerprint density at radius 3 is 2.52 bits per heavy atom. The average Bonchev–Trinajstić information content (AvgIpc) is 2.93. The smallest absolute Gasteiger partial charge is 0.395 e. The number of hydrogen-bond acceptors (Lipinski definition) is 4. The maximum Gasteiger partial charge on any atom is 0.586 e. The summed E-state index contributed by atoms with van der Waals surface area (Å²) in [6.45, 7) is 7.09. The van der Waals surface area contributed by atoms with Crippen molar-refractivity contribution in [3.8, 4) is 22.6 Å². The number of anilines is 1. The molecule has 1 aliphatic rings. The van der Waals surface area contributed by atoms with Crippen molar-refractivity contribution in [2.45, 2.75) is 20.1 Å². The fourth-order valence-electron chi connectivity index (χ4n) is 2.36. The molecule has 0 unspecified atom stereocenters. The lowest BCUT2D eigenvalue weighted by Gasteiger charge is -2.09. The quantitative estimate of drug-likeness (QED) is 0.575. The molecule has 140 valence electrons. The standard InChI is InChI=1S/C19H15ClF2N2O3/c1-4-10(2)11(3)18(25)24-17-6-5-12(9-23-17)13-7-15-16(8-14(13)20)27-19(21,22)26-15/h4-9H,1H2,2-3H3,(H,23,24,25). The molecule has 1 amide bonds. The molecule has 5 nitrogen and oxygen atoms in total. The van der Waals surface area contributed by atoms with E-state index in [1.807, 2.05) is 0 Å². The van der Waals surface area contributed by atoms with Crippen molar-refractivity contribution in [2.24, 2.45) is 0 Å². The molecule has 1 aromatic heterocycles. The van der Waals surface area contributed by atoms with E-state index in [2.05, 4.69) is 26.4 Å². The molecule has 0 spiro atoms. The highest BCUT2D eigenvalue weighted by molar-refractivity contribution is 6.33. The molecule has 1 aromatic carbocycles. The highest BCUT2D eigenvalue weighted by Crippen LogP contribution is 2.45. The number of fused-ring (bicyclic) bond motifs is 1. The summed E-state index contributed by atoms with van der Waals surface area (Å²) >= 11 is 6.16. The van der Waals surface area contributed by atoms with Crippen molar-refractivity contribution in [3.05, 3.63) is 59.3 Å². The number of alkyl halides is 2. The summed E-state index contributed by atoms with van der Waals surface area (Å²) in [5, 5.41) is 2.87. The first-order valence-corrected chi connectivity index (χ1v) is 8.25. The minimum atomic E-state index is -3.72. The van der Waals surface area contributed by atoms with Gasteiger partial charge < -0.3 is 14.8 Å². The van der Waals surface area contributed by atoms with Crippen molar-refractivity contribution < 1.29 is 23.0 Å². The van der Waals surface area contributed by atoms with Crippen LogP contribution in [0.4, 0.5) is 14.6 Å². The van der Waals surface area contributed by atoms with E-state index >= 15 is 0 Å². The van der Waals surface area contributed by atoms with Gasteiger partial charge in [0.2, 0.25) is 0 Å². The lowest BCUT2D eigenvalue weighted by molar-refractivity contribution is -0.286. The van der Waals surface area contributed by atoms with Crippen LogP contribution in [0, 0.1) is 0 Å². The Labute approximate surface area is 159 Å². The summed E-state index contributed by atoms with van der Waals surface area (Å²) in [6, 6.07) is 5.85. The van der Waals surface area contributed by atoms with Gasteiger partial charge in [0, 0.05) is 29.0 Å². The zero-order valence-electron chi connectivity index (χ0n) is 14.5. The maximum atomic E-state index is 13.2. The van der Waals surface area contributed by atoms with Crippen LogP contribution in [0.2, 0.25) is 5.02 Å². The van der Waals surface area contributed by atoms with E-state index in [0.29, 0.717) is 22.5 Å². The topological polar surface area (TPSA) is 60.5 Å². The van der Waals surface area contributed by atoms with E-state index in [4.69, 9.17) is 11.6 Å². The Kier molecular flexibility index (Phi) is 4.89. The second-order valence-corrected chi connectivity index (χ2v) is 6.25. The lowest BCUT2D eigenvalue weighted by atomic mass is 10.1. The molecule has 0 aliphatic carbocycles. The van der Waals surface area contributed by atoms with Gasteiger partial charge in [-0.3, -0.25) is 4.79 Å². The monoisotopic (exact) mass is 392 g/mol. The number of allylic oxidation sites excluding steroid dienone is 2. The SMILES string of the molecule is C=CC(C)=C(C)C(=O)Nc1ccc(-c2cc3c(cc2Cl)OC(F)(F)O3)cn1. The van der Waals surface area contributed by atoms with Gasteiger partial charge in [0.25, 0.3) is 5.91 Å². The summed E-state index contributed by atoms with van der Waals surface area (Å²) in [5.74, 6) is -0.206. The Bertz CT molecular complexity index is 956. The molecule has 0 radical (unpaired) electrons. The van der Waals surface area contributed by atoms with Crippen LogP contribution in [-0.2, 0) is 4.79 Å². The summed E-state index contributed by atoms with van der Waals surface area (Å²) in [6.07, 6.45) is -0.654. The van der Waals surface area contributed by atoms with Gasteiger partial charge in [0.15, 0.2) is 11.5 Å². The third-order valence-corrected chi connectivity index (χ3v) is 4.36. The van der Waals surface area contributed by atoms with E-state index in [1.165, 1.54) is 18.3 Å². The second kappa shape index (κ2) is 7.00. The van der Waals surface area contributed by atoms with E-state index < -0.39 is 6.29 Å². The Balaban J connectivity index is 1.83. The Morgan fingerprint density at radius 2 is 1.93 bits per heavy atom. The summed E-state index contributed by atoms with van der Waals surface area (Å²) in [4.78, 5) is 16.3. The fourth-order valence-corrected chi connectivity index (χ4v) is 2.62. The van der Waals surface area contributed by atoms with Crippen LogP contribution in [-0.4, -0.2) is 17.2 Å². The summed E-state index contributed by atoms with van der Waals surface area (Å²) < 4.78 is 35.2. The number of hydrogen-bond donors (Lipinski definition) is 1. The molecule has 0 bridgehead atoms. The van der Waals surface area contributed by atoms with Gasteiger partial charge >= 0.3 is 6.29 Å². The first-order valence-electron chi connectivity index (χ1n) is 7.87. The average molecular weight is 393 g/mol. The van der Waals surface area contributed by atoms with Gasteiger partial charge in [-0.05, 0) is 37.6 Å². The second-order valence-electron chi connectivity index (χ2n) is 5.84. The lowest BCUT2D eigenvalue weighted by Crippen LogP contribution is -2.25. The molecule has 0 saturated heterocycles. The molecule has 1 N–H and O–H groups in total. The summed E-state index contributed by atoms with van der Waals surface area (Å²) in [7, 11) is 0. The van der Waals surface area contributed by atoms with Crippen molar-refractivity contribution in [1.29, 1.82) is 0 Å². The highest BCUT2D eigenvalue weighted by Gasteiger charge is 2.43. The zero-order chi connectivity index (χ0) is 19.8. The van der Waals surface area contributed by atoms with Crippen molar-refractivity contribution in [1.82, 2.24) is 4.98 Å². The van der Waals surface area contributed by atoms with Crippen LogP contribution in [0.5, 0.6) is 11.5 Å².